The van der Waals surface area contributed by atoms with Crippen LogP contribution in [0.25, 0.3) is 10.6 Å². The lowest BCUT2D eigenvalue weighted by Crippen LogP contribution is -1.91. The number of rotatable bonds is 4. The van der Waals surface area contributed by atoms with Gasteiger partial charge in [0.25, 0.3) is 0 Å². The molecule has 0 aliphatic carbocycles. The van der Waals surface area contributed by atoms with E-state index in [4.69, 9.17) is 0 Å². The molecule has 1 nitrogen and oxygen atoms in total. The quantitative estimate of drug-likeness (QED) is 0.818. The maximum absolute atomic E-state index is 13.7. The zero-order valence-corrected chi connectivity index (χ0v) is 11.6. The second kappa shape index (κ2) is 5.80. The number of thiazole rings is 1. The summed E-state index contributed by atoms with van der Waals surface area (Å²) in [4.78, 5) is 5.34. The Balaban J connectivity index is 2.51. The number of halogens is 2. The topological polar surface area (TPSA) is 12.9 Å². The van der Waals surface area contributed by atoms with Gasteiger partial charge in [0.05, 0.1) is 11.3 Å². The third-order valence-electron chi connectivity index (χ3n) is 2.59. The molecule has 0 atom stereocenters. The Morgan fingerprint density at radius 1 is 1.28 bits per heavy atom. The number of benzene rings is 1. The number of nitrogens with zero attached hydrogens (tertiary/aromatic N) is 1. The van der Waals surface area contributed by atoms with Crippen molar-refractivity contribution in [3.05, 3.63) is 40.4 Å². The van der Waals surface area contributed by atoms with E-state index in [-0.39, 0.29) is 5.56 Å². The maximum Gasteiger partial charge on any atom is 0.136 e. The van der Waals surface area contributed by atoms with Gasteiger partial charge in [-0.15, -0.1) is 11.3 Å². The molecule has 0 aliphatic rings. The SMILES string of the molecule is CCCc1nc(-c2c(F)cccc2F)sc1CS. The molecule has 5 heteroatoms. The van der Waals surface area contributed by atoms with Crippen molar-refractivity contribution >= 4 is 24.0 Å². The molecule has 1 heterocycles. The van der Waals surface area contributed by atoms with Gasteiger partial charge in [-0.05, 0) is 18.6 Å². The normalized spacial score (nSPS) is 10.9. The second-order valence-corrected chi connectivity index (χ2v) is 5.29. The number of hydrogen-bond donors (Lipinski definition) is 1. The summed E-state index contributed by atoms with van der Waals surface area (Å²) < 4.78 is 27.3. The van der Waals surface area contributed by atoms with E-state index < -0.39 is 11.6 Å². The molecule has 0 amide bonds. The summed E-state index contributed by atoms with van der Waals surface area (Å²) in [5.41, 5.74) is 0.864. The molecule has 0 saturated carbocycles. The van der Waals surface area contributed by atoms with Crippen LogP contribution in [-0.4, -0.2) is 4.98 Å². The monoisotopic (exact) mass is 285 g/mol. The molecule has 0 saturated heterocycles. The Labute approximate surface area is 114 Å². The third kappa shape index (κ3) is 2.57. The molecule has 0 fully saturated rings. The van der Waals surface area contributed by atoms with Crippen LogP contribution in [0.2, 0.25) is 0 Å². The third-order valence-corrected chi connectivity index (χ3v) is 4.23. The van der Waals surface area contributed by atoms with Gasteiger partial charge in [-0.25, -0.2) is 13.8 Å². The molecule has 2 aromatic rings. The summed E-state index contributed by atoms with van der Waals surface area (Å²) in [5, 5.41) is 0.401. The van der Waals surface area contributed by atoms with Crippen molar-refractivity contribution in [1.29, 1.82) is 0 Å². The van der Waals surface area contributed by atoms with E-state index in [9.17, 15) is 8.78 Å². The summed E-state index contributed by atoms with van der Waals surface area (Å²) in [6.07, 6.45) is 1.76. The van der Waals surface area contributed by atoms with Crippen LogP contribution in [0, 0.1) is 11.6 Å². The first-order valence-electron chi connectivity index (χ1n) is 5.71. The van der Waals surface area contributed by atoms with E-state index in [0.29, 0.717) is 10.8 Å². The van der Waals surface area contributed by atoms with Gasteiger partial charge in [-0.1, -0.05) is 19.4 Å². The predicted molar refractivity (Wildman–Crippen MR) is 74.2 cm³/mol. The Morgan fingerprint density at radius 2 is 1.94 bits per heavy atom. The summed E-state index contributed by atoms with van der Waals surface area (Å²) in [6, 6.07) is 3.85. The smallest absolute Gasteiger partial charge is 0.136 e. The van der Waals surface area contributed by atoms with Crippen LogP contribution in [0.5, 0.6) is 0 Å². The van der Waals surface area contributed by atoms with Gasteiger partial charge in [-0.2, -0.15) is 12.6 Å². The zero-order chi connectivity index (χ0) is 13.1. The fourth-order valence-corrected chi connectivity index (χ4v) is 3.14. The van der Waals surface area contributed by atoms with Crippen LogP contribution in [-0.2, 0) is 12.2 Å². The average molecular weight is 285 g/mol. The molecule has 18 heavy (non-hydrogen) atoms. The van der Waals surface area contributed by atoms with Crippen LogP contribution >= 0.6 is 24.0 Å². The van der Waals surface area contributed by atoms with Gasteiger partial charge >= 0.3 is 0 Å². The molecule has 96 valence electrons. The van der Waals surface area contributed by atoms with Gasteiger partial charge in [0, 0.05) is 10.6 Å². The highest BCUT2D eigenvalue weighted by molar-refractivity contribution is 7.79. The highest BCUT2D eigenvalue weighted by atomic mass is 32.1. The molecular formula is C13H13F2NS2. The van der Waals surface area contributed by atoms with E-state index in [1.807, 2.05) is 6.92 Å². The standard InChI is InChI=1S/C13H13F2NS2/c1-2-4-10-11(7-17)18-13(16-10)12-8(14)5-3-6-9(12)15/h3,5-6,17H,2,4,7H2,1H3. The van der Waals surface area contributed by atoms with Crippen LogP contribution in [0.4, 0.5) is 8.78 Å². The number of thiol groups is 1. The summed E-state index contributed by atoms with van der Waals surface area (Å²) in [5.74, 6) is -0.599. The predicted octanol–water partition coefficient (Wildman–Crippen LogP) is 4.47. The van der Waals surface area contributed by atoms with Gasteiger partial charge in [0.15, 0.2) is 0 Å². The Hall–Kier alpha value is -0.940. The van der Waals surface area contributed by atoms with Crippen molar-refractivity contribution < 1.29 is 8.78 Å². The Bertz CT molecular complexity index is 532. The summed E-state index contributed by atoms with van der Waals surface area (Å²) in [7, 11) is 0. The van der Waals surface area contributed by atoms with Crippen molar-refractivity contribution in [3.63, 3.8) is 0 Å². The van der Waals surface area contributed by atoms with Gasteiger partial charge < -0.3 is 0 Å². The van der Waals surface area contributed by atoms with Crippen molar-refractivity contribution in [2.75, 3.05) is 0 Å². The van der Waals surface area contributed by atoms with E-state index >= 15 is 0 Å². The fraction of sp³-hybridized carbons (Fsp3) is 0.308. The molecule has 0 radical (unpaired) electrons. The second-order valence-electron chi connectivity index (χ2n) is 3.89. The van der Waals surface area contributed by atoms with Crippen LogP contribution < -0.4 is 0 Å². The summed E-state index contributed by atoms with van der Waals surface area (Å²) >= 11 is 5.55. The maximum atomic E-state index is 13.7. The highest BCUT2D eigenvalue weighted by Crippen LogP contribution is 2.33. The molecule has 2 rings (SSSR count). The van der Waals surface area contributed by atoms with Crippen LogP contribution in [0.15, 0.2) is 18.2 Å². The van der Waals surface area contributed by atoms with E-state index in [2.05, 4.69) is 17.6 Å². The van der Waals surface area contributed by atoms with Crippen molar-refractivity contribution in [3.8, 4) is 10.6 Å². The minimum absolute atomic E-state index is 0.0344. The molecule has 0 bridgehead atoms. The molecule has 1 aromatic heterocycles. The first-order valence-corrected chi connectivity index (χ1v) is 7.16. The molecule has 1 aromatic carbocycles. The number of hydrogen-bond acceptors (Lipinski definition) is 3. The summed E-state index contributed by atoms with van der Waals surface area (Å²) in [6.45, 7) is 2.05. The fourth-order valence-electron chi connectivity index (χ4n) is 1.75. The van der Waals surface area contributed by atoms with Crippen LogP contribution in [0.3, 0.4) is 0 Å². The minimum Gasteiger partial charge on any atom is -0.241 e. The van der Waals surface area contributed by atoms with Crippen molar-refractivity contribution in [2.45, 2.75) is 25.5 Å². The Kier molecular flexibility index (Phi) is 4.35. The molecule has 0 unspecified atom stereocenters. The van der Waals surface area contributed by atoms with Crippen LogP contribution in [0.1, 0.15) is 23.9 Å². The van der Waals surface area contributed by atoms with E-state index in [1.54, 1.807) is 0 Å². The minimum atomic E-state index is -0.572. The van der Waals surface area contributed by atoms with E-state index in [0.717, 1.165) is 23.4 Å². The number of aryl methyl sites for hydroxylation is 1. The van der Waals surface area contributed by atoms with Crippen molar-refractivity contribution in [2.24, 2.45) is 0 Å². The molecule has 0 spiro atoms. The molecule has 0 N–H and O–H groups in total. The first kappa shape index (κ1) is 13.5. The van der Waals surface area contributed by atoms with Crippen molar-refractivity contribution in [1.82, 2.24) is 4.98 Å². The molecule has 0 aliphatic heterocycles. The van der Waals surface area contributed by atoms with Gasteiger partial charge in [0.1, 0.15) is 16.6 Å². The van der Waals surface area contributed by atoms with Gasteiger partial charge in [-0.3, -0.25) is 0 Å². The largest absolute Gasteiger partial charge is 0.241 e. The van der Waals surface area contributed by atoms with E-state index in [1.165, 1.54) is 29.5 Å². The lowest BCUT2D eigenvalue weighted by atomic mass is 10.2. The lowest BCUT2D eigenvalue weighted by Gasteiger charge is -1.99. The molecular weight excluding hydrogens is 272 g/mol. The average Bonchev–Trinajstić information content (AvgIpc) is 2.72. The van der Waals surface area contributed by atoms with Gasteiger partial charge in [0.2, 0.25) is 0 Å². The lowest BCUT2D eigenvalue weighted by molar-refractivity contribution is 0.589. The highest BCUT2D eigenvalue weighted by Gasteiger charge is 2.17. The zero-order valence-electron chi connectivity index (χ0n) is 9.91. The number of aromatic nitrogens is 1. The first-order chi connectivity index (χ1) is 8.67. The Morgan fingerprint density at radius 3 is 2.50 bits per heavy atom.